The number of rotatable bonds is 4. The third kappa shape index (κ3) is 3.48. The molecule has 1 saturated heterocycles. The summed E-state index contributed by atoms with van der Waals surface area (Å²) in [6.45, 7) is 3.31. The predicted molar refractivity (Wildman–Crippen MR) is 77.6 cm³/mol. The molecule has 1 unspecified atom stereocenters. The maximum Gasteiger partial charge on any atom is 0.258 e. The lowest BCUT2D eigenvalue weighted by molar-refractivity contribution is -0.133. The van der Waals surface area contributed by atoms with Gasteiger partial charge in [-0.1, -0.05) is 5.16 Å². The van der Waals surface area contributed by atoms with Crippen molar-refractivity contribution in [2.45, 2.75) is 32.5 Å². The van der Waals surface area contributed by atoms with Gasteiger partial charge in [-0.15, -0.1) is 0 Å². The number of hydrogen-bond donors (Lipinski definition) is 0. The van der Waals surface area contributed by atoms with E-state index >= 15 is 0 Å². The van der Waals surface area contributed by atoms with Gasteiger partial charge in [0.25, 0.3) is 5.89 Å². The van der Waals surface area contributed by atoms with Crippen molar-refractivity contribution in [3.8, 4) is 11.5 Å². The van der Waals surface area contributed by atoms with Crippen LogP contribution in [0.3, 0.4) is 0 Å². The van der Waals surface area contributed by atoms with Gasteiger partial charge >= 0.3 is 0 Å². The summed E-state index contributed by atoms with van der Waals surface area (Å²) in [5.74, 6) is 1.05. The van der Waals surface area contributed by atoms with E-state index in [1.165, 1.54) is 0 Å². The molecule has 116 valence electrons. The first-order valence-electron chi connectivity index (χ1n) is 7.32. The first-order valence-corrected chi connectivity index (χ1v) is 7.32. The van der Waals surface area contributed by atoms with E-state index < -0.39 is 0 Å². The van der Waals surface area contributed by atoms with Crippen LogP contribution >= 0.6 is 0 Å². The summed E-state index contributed by atoms with van der Waals surface area (Å²) in [7, 11) is 0. The van der Waals surface area contributed by atoms with Crippen LogP contribution in [-0.2, 0) is 16.1 Å². The minimum atomic E-state index is 0.0283. The third-order valence-electron chi connectivity index (χ3n) is 3.67. The average Bonchev–Trinajstić information content (AvgIpc) is 3.03. The van der Waals surface area contributed by atoms with E-state index in [4.69, 9.17) is 9.26 Å². The van der Waals surface area contributed by atoms with Crippen LogP contribution in [0.1, 0.15) is 25.6 Å². The molecule has 1 atom stereocenters. The van der Waals surface area contributed by atoms with Crippen LogP contribution in [0, 0.1) is 0 Å². The van der Waals surface area contributed by atoms with Crippen LogP contribution in [-0.4, -0.2) is 45.1 Å². The minimum Gasteiger partial charge on any atom is -0.368 e. The quantitative estimate of drug-likeness (QED) is 0.854. The normalized spacial score (nSPS) is 18.4. The monoisotopic (exact) mass is 302 g/mol. The number of carbonyl (C=O) groups is 1. The van der Waals surface area contributed by atoms with E-state index in [0.717, 1.165) is 24.9 Å². The molecule has 2 aromatic heterocycles. The smallest absolute Gasteiger partial charge is 0.258 e. The van der Waals surface area contributed by atoms with Gasteiger partial charge in [-0.25, -0.2) is 0 Å². The molecule has 7 heteroatoms. The molecule has 1 aliphatic rings. The molecule has 0 saturated carbocycles. The lowest BCUT2D eigenvalue weighted by Crippen LogP contribution is -2.42. The molecule has 0 bridgehead atoms. The summed E-state index contributed by atoms with van der Waals surface area (Å²) in [6, 6.07) is 3.62. The predicted octanol–water partition coefficient (Wildman–Crippen LogP) is 1.66. The van der Waals surface area contributed by atoms with Gasteiger partial charge in [-0.05, 0) is 25.0 Å². The molecule has 3 rings (SSSR count). The van der Waals surface area contributed by atoms with Gasteiger partial charge in [-0.3, -0.25) is 9.78 Å². The molecular formula is C15H18N4O3. The molecule has 1 amide bonds. The molecule has 7 nitrogen and oxygen atoms in total. The van der Waals surface area contributed by atoms with Gasteiger partial charge in [-0.2, -0.15) is 4.98 Å². The van der Waals surface area contributed by atoms with E-state index in [1.807, 2.05) is 17.0 Å². The lowest BCUT2D eigenvalue weighted by Gasteiger charge is -2.31. The summed E-state index contributed by atoms with van der Waals surface area (Å²) in [4.78, 5) is 21.5. The van der Waals surface area contributed by atoms with Crippen LogP contribution in [0.25, 0.3) is 11.5 Å². The molecule has 3 heterocycles. The fourth-order valence-electron chi connectivity index (χ4n) is 2.48. The fraction of sp³-hybridized carbons (Fsp3) is 0.467. The fourth-order valence-corrected chi connectivity index (χ4v) is 2.48. The number of carbonyl (C=O) groups excluding carboxylic acids is 1. The third-order valence-corrected chi connectivity index (χ3v) is 3.67. The lowest BCUT2D eigenvalue weighted by atomic mass is 10.1. The summed E-state index contributed by atoms with van der Waals surface area (Å²) in [6.07, 6.45) is 5.28. The Balaban J connectivity index is 1.56. The Labute approximate surface area is 128 Å². The second kappa shape index (κ2) is 6.65. The van der Waals surface area contributed by atoms with Gasteiger partial charge in [0.15, 0.2) is 5.82 Å². The van der Waals surface area contributed by atoms with Crippen molar-refractivity contribution in [1.29, 1.82) is 0 Å². The van der Waals surface area contributed by atoms with Crippen molar-refractivity contribution in [2.24, 2.45) is 0 Å². The number of likely N-dealkylation sites (tertiary alicyclic amines) is 1. The highest BCUT2D eigenvalue weighted by Crippen LogP contribution is 2.17. The molecule has 0 aromatic carbocycles. The maximum absolute atomic E-state index is 11.4. The van der Waals surface area contributed by atoms with Gasteiger partial charge < -0.3 is 14.2 Å². The Morgan fingerprint density at radius 2 is 2.27 bits per heavy atom. The first kappa shape index (κ1) is 14.6. The number of piperidine rings is 1. The van der Waals surface area contributed by atoms with Crippen molar-refractivity contribution >= 4 is 5.91 Å². The summed E-state index contributed by atoms with van der Waals surface area (Å²) < 4.78 is 11.0. The number of nitrogens with zero attached hydrogens (tertiary/aromatic N) is 4. The molecule has 1 aliphatic heterocycles. The number of hydrogen-bond acceptors (Lipinski definition) is 6. The van der Waals surface area contributed by atoms with Crippen LogP contribution < -0.4 is 0 Å². The van der Waals surface area contributed by atoms with Crippen molar-refractivity contribution in [3.63, 3.8) is 0 Å². The van der Waals surface area contributed by atoms with Crippen LogP contribution in [0.5, 0.6) is 0 Å². The molecular weight excluding hydrogens is 284 g/mol. The van der Waals surface area contributed by atoms with Crippen molar-refractivity contribution in [3.05, 3.63) is 30.4 Å². The van der Waals surface area contributed by atoms with Crippen LogP contribution in [0.4, 0.5) is 0 Å². The van der Waals surface area contributed by atoms with Gasteiger partial charge in [0.05, 0.1) is 6.10 Å². The molecule has 22 heavy (non-hydrogen) atoms. The molecule has 0 radical (unpaired) electrons. The van der Waals surface area contributed by atoms with E-state index in [1.54, 1.807) is 19.3 Å². The number of amides is 1. The van der Waals surface area contributed by atoms with Gasteiger partial charge in [0, 0.05) is 38.0 Å². The van der Waals surface area contributed by atoms with E-state index in [-0.39, 0.29) is 18.6 Å². The molecule has 2 aromatic rings. The zero-order valence-corrected chi connectivity index (χ0v) is 12.4. The molecule has 1 fully saturated rings. The van der Waals surface area contributed by atoms with Gasteiger partial charge in [0.2, 0.25) is 5.91 Å². The Kier molecular flexibility index (Phi) is 4.43. The highest BCUT2D eigenvalue weighted by molar-refractivity contribution is 5.73. The second-order valence-electron chi connectivity index (χ2n) is 5.29. The van der Waals surface area contributed by atoms with Crippen LogP contribution in [0.15, 0.2) is 29.0 Å². The number of aromatic nitrogens is 3. The van der Waals surface area contributed by atoms with Crippen molar-refractivity contribution in [1.82, 2.24) is 20.0 Å². The van der Waals surface area contributed by atoms with E-state index in [0.29, 0.717) is 18.3 Å². The second-order valence-corrected chi connectivity index (χ2v) is 5.29. The minimum absolute atomic E-state index is 0.0283. The average molecular weight is 302 g/mol. The number of pyridine rings is 1. The Morgan fingerprint density at radius 1 is 1.45 bits per heavy atom. The maximum atomic E-state index is 11.4. The Bertz CT molecular complexity index is 629. The number of ether oxygens (including phenoxy) is 1. The van der Waals surface area contributed by atoms with E-state index in [9.17, 15) is 4.79 Å². The Morgan fingerprint density at radius 3 is 3.05 bits per heavy atom. The SMILES string of the molecule is CC(=O)N1CCCC(OCc2noc(-c3ccncc3)n2)C1. The summed E-state index contributed by atoms with van der Waals surface area (Å²) in [5, 5.41) is 3.92. The van der Waals surface area contributed by atoms with Gasteiger partial charge in [0.1, 0.15) is 6.61 Å². The Hall–Kier alpha value is -2.28. The topological polar surface area (TPSA) is 81.4 Å². The highest BCUT2D eigenvalue weighted by atomic mass is 16.5. The van der Waals surface area contributed by atoms with Crippen molar-refractivity contribution < 1.29 is 14.1 Å². The van der Waals surface area contributed by atoms with Crippen molar-refractivity contribution in [2.75, 3.05) is 13.1 Å². The molecule has 0 N–H and O–H groups in total. The summed E-state index contributed by atoms with van der Waals surface area (Å²) in [5.41, 5.74) is 0.828. The standard InChI is InChI=1S/C15H18N4O3/c1-11(20)19-8-2-3-13(9-19)21-10-14-17-15(22-18-14)12-4-6-16-7-5-12/h4-7,13H,2-3,8-10H2,1H3. The molecule has 0 spiro atoms. The van der Waals surface area contributed by atoms with E-state index in [2.05, 4.69) is 15.1 Å². The summed E-state index contributed by atoms with van der Waals surface area (Å²) >= 11 is 0. The first-order chi connectivity index (χ1) is 10.7. The zero-order valence-electron chi connectivity index (χ0n) is 12.4. The van der Waals surface area contributed by atoms with Crippen LogP contribution in [0.2, 0.25) is 0 Å². The molecule has 0 aliphatic carbocycles. The largest absolute Gasteiger partial charge is 0.368 e. The zero-order chi connectivity index (χ0) is 15.4. The highest BCUT2D eigenvalue weighted by Gasteiger charge is 2.22.